The summed E-state index contributed by atoms with van der Waals surface area (Å²) in [6.45, 7) is 1.11. The Morgan fingerprint density at radius 3 is 2.43 bits per heavy atom. The number of benzene rings is 1. The highest BCUT2D eigenvalue weighted by Gasteiger charge is 1.98. The van der Waals surface area contributed by atoms with Crippen LogP contribution in [0.2, 0.25) is 0 Å². The molecule has 0 fully saturated rings. The van der Waals surface area contributed by atoms with Crippen molar-refractivity contribution in [2.24, 2.45) is 5.84 Å². The number of hydrazine groups is 1. The molecule has 0 amide bonds. The minimum atomic E-state index is 0.274. The fourth-order valence-electron chi connectivity index (χ4n) is 1.32. The predicted molar refractivity (Wildman–Crippen MR) is 58.9 cm³/mol. The Bertz CT molecular complexity index is 238. The number of anilines is 1. The fourth-order valence-corrected chi connectivity index (χ4v) is 1.32. The van der Waals surface area contributed by atoms with Gasteiger partial charge >= 0.3 is 0 Å². The molecule has 1 aromatic carbocycles. The Morgan fingerprint density at radius 2 is 1.79 bits per heavy atom. The van der Waals surface area contributed by atoms with Gasteiger partial charge in [-0.05, 0) is 31.4 Å². The molecule has 0 heterocycles. The molecule has 0 atom stereocenters. The van der Waals surface area contributed by atoms with Gasteiger partial charge in [0.1, 0.15) is 0 Å². The van der Waals surface area contributed by atoms with Crippen LogP contribution in [0.3, 0.4) is 0 Å². The fraction of sp³-hybridized carbons (Fsp3) is 0.455. The van der Waals surface area contributed by atoms with Crippen LogP contribution >= 0.6 is 0 Å². The predicted octanol–water partition coefficient (Wildman–Crippen LogP) is 1.53. The number of nitrogens with zero attached hydrogens (tertiary/aromatic N) is 1. The van der Waals surface area contributed by atoms with Crippen molar-refractivity contribution in [1.29, 1.82) is 0 Å². The van der Waals surface area contributed by atoms with Crippen molar-refractivity contribution in [3.8, 4) is 0 Å². The molecule has 78 valence electrons. The molecule has 0 aromatic heterocycles. The molecule has 3 heteroatoms. The van der Waals surface area contributed by atoms with Gasteiger partial charge in [-0.2, -0.15) is 0 Å². The smallest absolute Gasteiger partial charge is 0.0517 e. The second-order valence-corrected chi connectivity index (χ2v) is 3.31. The lowest BCUT2D eigenvalue weighted by Gasteiger charge is -2.18. The standard InChI is InChI=1S/C11H18N2O/c12-13(9-5-2-6-10-14)11-7-3-1-4-8-11/h1,3-4,7-8,14H,2,5-6,9-10,12H2. The lowest BCUT2D eigenvalue weighted by molar-refractivity contribution is 0.283. The van der Waals surface area contributed by atoms with Crippen molar-refractivity contribution >= 4 is 5.69 Å². The van der Waals surface area contributed by atoms with Gasteiger partial charge in [0.05, 0.1) is 5.69 Å². The zero-order valence-corrected chi connectivity index (χ0v) is 8.39. The summed E-state index contributed by atoms with van der Waals surface area (Å²) < 4.78 is 0. The SMILES string of the molecule is NN(CCCCCO)c1ccccc1. The van der Waals surface area contributed by atoms with E-state index in [2.05, 4.69) is 0 Å². The Hall–Kier alpha value is -1.06. The van der Waals surface area contributed by atoms with E-state index in [-0.39, 0.29) is 6.61 Å². The third-order valence-electron chi connectivity index (χ3n) is 2.14. The minimum Gasteiger partial charge on any atom is -0.396 e. The number of aliphatic hydroxyl groups excluding tert-OH is 1. The molecule has 1 aromatic rings. The first-order chi connectivity index (χ1) is 6.84. The maximum absolute atomic E-state index is 8.60. The number of rotatable bonds is 6. The minimum absolute atomic E-state index is 0.274. The molecule has 0 aliphatic rings. The van der Waals surface area contributed by atoms with E-state index in [1.807, 2.05) is 30.3 Å². The van der Waals surface area contributed by atoms with E-state index >= 15 is 0 Å². The largest absolute Gasteiger partial charge is 0.396 e. The first-order valence-electron chi connectivity index (χ1n) is 5.02. The van der Waals surface area contributed by atoms with Gasteiger partial charge in [0.2, 0.25) is 0 Å². The lowest BCUT2D eigenvalue weighted by Crippen LogP contribution is -2.31. The number of hydrogen-bond acceptors (Lipinski definition) is 3. The second kappa shape index (κ2) is 6.40. The molecule has 0 spiro atoms. The Morgan fingerprint density at radius 1 is 1.07 bits per heavy atom. The molecule has 3 nitrogen and oxygen atoms in total. The Balaban J connectivity index is 2.25. The van der Waals surface area contributed by atoms with Crippen LogP contribution in [0, 0.1) is 0 Å². The van der Waals surface area contributed by atoms with E-state index in [1.54, 1.807) is 5.01 Å². The molecule has 0 unspecified atom stereocenters. The van der Waals surface area contributed by atoms with Gasteiger partial charge < -0.3 is 10.1 Å². The van der Waals surface area contributed by atoms with Crippen molar-refractivity contribution in [2.75, 3.05) is 18.2 Å². The molecule has 0 saturated heterocycles. The van der Waals surface area contributed by atoms with Crippen molar-refractivity contribution < 1.29 is 5.11 Å². The van der Waals surface area contributed by atoms with Gasteiger partial charge in [0.15, 0.2) is 0 Å². The summed E-state index contributed by atoms with van der Waals surface area (Å²) in [7, 11) is 0. The van der Waals surface area contributed by atoms with E-state index in [9.17, 15) is 0 Å². The third-order valence-corrected chi connectivity index (χ3v) is 2.14. The second-order valence-electron chi connectivity index (χ2n) is 3.31. The molecule has 0 saturated carbocycles. The van der Waals surface area contributed by atoms with Crippen LogP contribution in [0.1, 0.15) is 19.3 Å². The normalized spacial score (nSPS) is 10.1. The van der Waals surface area contributed by atoms with Crippen molar-refractivity contribution in [2.45, 2.75) is 19.3 Å². The highest BCUT2D eigenvalue weighted by atomic mass is 16.2. The first-order valence-corrected chi connectivity index (χ1v) is 5.02. The van der Waals surface area contributed by atoms with Gasteiger partial charge in [0.25, 0.3) is 0 Å². The average Bonchev–Trinajstić information content (AvgIpc) is 2.25. The van der Waals surface area contributed by atoms with E-state index in [0.29, 0.717) is 0 Å². The lowest BCUT2D eigenvalue weighted by atomic mass is 10.2. The summed E-state index contributed by atoms with van der Waals surface area (Å²) in [5.74, 6) is 5.85. The quantitative estimate of drug-likeness (QED) is 0.410. The Kier molecular flexibility index (Phi) is 5.04. The maximum atomic E-state index is 8.60. The van der Waals surface area contributed by atoms with Crippen molar-refractivity contribution in [3.63, 3.8) is 0 Å². The Labute approximate surface area is 85.1 Å². The maximum Gasteiger partial charge on any atom is 0.0517 e. The molecular formula is C11H18N2O. The van der Waals surface area contributed by atoms with E-state index in [1.165, 1.54) is 0 Å². The molecule has 0 aliphatic carbocycles. The summed E-state index contributed by atoms with van der Waals surface area (Å²) in [5.41, 5.74) is 1.04. The van der Waals surface area contributed by atoms with Crippen LogP contribution in [0.4, 0.5) is 5.69 Å². The molecule has 0 radical (unpaired) electrons. The topological polar surface area (TPSA) is 49.5 Å². The number of para-hydroxylation sites is 1. The highest BCUT2D eigenvalue weighted by molar-refractivity contribution is 5.43. The molecule has 3 N–H and O–H groups in total. The van der Waals surface area contributed by atoms with Gasteiger partial charge in [-0.3, -0.25) is 0 Å². The van der Waals surface area contributed by atoms with Gasteiger partial charge in [0, 0.05) is 13.2 Å². The van der Waals surface area contributed by atoms with Crippen LogP contribution in [0.5, 0.6) is 0 Å². The first kappa shape index (κ1) is 11.0. The van der Waals surface area contributed by atoms with Gasteiger partial charge in [-0.15, -0.1) is 0 Å². The molecular weight excluding hydrogens is 176 g/mol. The van der Waals surface area contributed by atoms with Crippen molar-refractivity contribution in [3.05, 3.63) is 30.3 Å². The third kappa shape index (κ3) is 3.77. The number of nitrogens with two attached hydrogens (primary N) is 1. The monoisotopic (exact) mass is 194 g/mol. The highest BCUT2D eigenvalue weighted by Crippen LogP contribution is 2.09. The van der Waals surface area contributed by atoms with E-state index in [0.717, 1.165) is 31.5 Å². The van der Waals surface area contributed by atoms with Crippen molar-refractivity contribution in [1.82, 2.24) is 0 Å². The van der Waals surface area contributed by atoms with Gasteiger partial charge in [-0.1, -0.05) is 18.2 Å². The average molecular weight is 194 g/mol. The van der Waals surface area contributed by atoms with Crippen LogP contribution in [-0.4, -0.2) is 18.3 Å². The van der Waals surface area contributed by atoms with Crippen LogP contribution in [0.15, 0.2) is 30.3 Å². The molecule has 1 rings (SSSR count). The molecule has 14 heavy (non-hydrogen) atoms. The van der Waals surface area contributed by atoms with E-state index < -0.39 is 0 Å². The van der Waals surface area contributed by atoms with Gasteiger partial charge in [-0.25, -0.2) is 5.84 Å². The summed E-state index contributed by atoms with van der Waals surface area (Å²) in [6.07, 6.45) is 2.91. The zero-order chi connectivity index (χ0) is 10.2. The van der Waals surface area contributed by atoms with Crippen LogP contribution in [-0.2, 0) is 0 Å². The zero-order valence-electron chi connectivity index (χ0n) is 8.39. The summed E-state index contributed by atoms with van der Waals surface area (Å²) in [6, 6.07) is 9.91. The number of unbranched alkanes of at least 4 members (excludes halogenated alkanes) is 2. The summed E-state index contributed by atoms with van der Waals surface area (Å²) in [5, 5.41) is 10.4. The van der Waals surface area contributed by atoms with Crippen LogP contribution < -0.4 is 10.9 Å². The summed E-state index contributed by atoms with van der Waals surface area (Å²) in [4.78, 5) is 0. The van der Waals surface area contributed by atoms with E-state index in [4.69, 9.17) is 10.9 Å². The number of hydrogen-bond donors (Lipinski definition) is 2. The van der Waals surface area contributed by atoms with Crippen LogP contribution in [0.25, 0.3) is 0 Å². The summed E-state index contributed by atoms with van der Waals surface area (Å²) >= 11 is 0. The molecule has 0 bridgehead atoms. The molecule has 0 aliphatic heterocycles. The number of aliphatic hydroxyl groups is 1.